The summed E-state index contributed by atoms with van der Waals surface area (Å²) in [6.45, 7) is 10.3. The number of hydrogen-bond acceptors (Lipinski definition) is 4. The Morgan fingerprint density at radius 2 is 1.58 bits per heavy atom. The number of benzene rings is 3. The van der Waals surface area contributed by atoms with Gasteiger partial charge in [0.2, 0.25) is 5.91 Å². The largest absolute Gasteiger partial charge is 0.486 e. The molecule has 1 heterocycles. The number of ether oxygens (including phenoxy) is 2. The van der Waals surface area contributed by atoms with Crippen molar-refractivity contribution in [2.45, 2.75) is 46.2 Å². The van der Waals surface area contributed by atoms with Gasteiger partial charge in [-0.05, 0) is 87.7 Å². The average molecular weight is 491 g/mol. The Morgan fingerprint density at radius 1 is 0.917 bits per heavy atom. The smallest absolute Gasteiger partial charge is 0.259 e. The van der Waals surface area contributed by atoms with Crippen LogP contribution in [0.4, 0.5) is 10.1 Å². The van der Waals surface area contributed by atoms with E-state index in [4.69, 9.17) is 9.47 Å². The lowest BCUT2D eigenvalue weighted by molar-refractivity contribution is -0.123. The SMILES string of the molecule is Cc1ccc(C)c(N(C(=O)c2ccc3c(c2)OCCO3)[C@@H](C(=O)NC(C)(C)C)c2ccc(F)cc2)c1. The maximum Gasteiger partial charge on any atom is 0.259 e. The molecule has 3 aromatic carbocycles. The molecule has 1 atom stereocenters. The van der Waals surface area contributed by atoms with E-state index in [1.807, 2.05) is 52.8 Å². The highest BCUT2D eigenvalue weighted by molar-refractivity contribution is 6.11. The van der Waals surface area contributed by atoms with Crippen molar-refractivity contribution >= 4 is 17.5 Å². The maximum atomic E-state index is 14.2. The second kappa shape index (κ2) is 10.0. The Kier molecular flexibility index (Phi) is 7.02. The molecular weight excluding hydrogens is 459 g/mol. The van der Waals surface area contributed by atoms with Crippen molar-refractivity contribution in [1.82, 2.24) is 5.32 Å². The molecule has 3 aromatic rings. The van der Waals surface area contributed by atoms with Gasteiger partial charge in [0.05, 0.1) is 0 Å². The van der Waals surface area contributed by atoms with E-state index < -0.39 is 17.4 Å². The van der Waals surface area contributed by atoms with Crippen LogP contribution in [-0.4, -0.2) is 30.6 Å². The van der Waals surface area contributed by atoms with Crippen LogP contribution in [0.5, 0.6) is 11.5 Å². The van der Waals surface area contributed by atoms with E-state index in [1.165, 1.54) is 29.2 Å². The Bertz CT molecular complexity index is 1280. The number of nitrogens with zero attached hydrogens (tertiary/aromatic N) is 1. The van der Waals surface area contributed by atoms with E-state index >= 15 is 0 Å². The zero-order valence-corrected chi connectivity index (χ0v) is 21.2. The Labute approximate surface area is 211 Å². The number of carbonyl (C=O) groups is 2. The lowest BCUT2D eigenvalue weighted by atomic mass is 9.98. The molecule has 4 rings (SSSR count). The molecule has 2 amide bonds. The first kappa shape index (κ1) is 25.2. The minimum absolute atomic E-state index is 0.343. The highest BCUT2D eigenvalue weighted by Gasteiger charge is 2.36. The van der Waals surface area contributed by atoms with Crippen LogP contribution >= 0.6 is 0 Å². The second-order valence-electron chi connectivity index (χ2n) is 10.0. The van der Waals surface area contributed by atoms with E-state index in [9.17, 15) is 14.0 Å². The number of fused-ring (bicyclic) bond motifs is 1. The fourth-order valence-electron chi connectivity index (χ4n) is 4.16. The van der Waals surface area contributed by atoms with Gasteiger partial charge in [0.15, 0.2) is 11.5 Å². The van der Waals surface area contributed by atoms with E-state index in [0.29, 0.717) is 41.5 Å². The quantitative estimate of drug-likeness (QED) is 0.512. The van der Waals surface area contributed by atoms with Gasteiger partial charge in [0, 0.05) is 16.8 Å². The van der Waals surface area contributed by atoms with Crippen molar-refractivity contribution in [2.24, 2.45) is 0 Å². The number of carbonyl (C=O) groups excluding carboxylic acids is 2. The van der Waals surface area contributed by atoms with Crippen molar-refractivity contribution < 1.29 is 23.5 Å². The summed E-state index contributed by atoms with van der Waals surface area (Å²) in [7, 11) is 0. The maximum absolute atomic E-state index is 14.2. The lowest BCUT2D eigenvalue weighted by Gasteiger charge is -2.35. The number of aryl methyl sites for hydroxylation is 2. The number of hydrogen-bond donors (Lipinski definition) is 1. The summed E-state index contributed by atoms with van der Waals surface area (Å²) in [6.07, 6.45) is 0. The first-order valence-corrected chi connectivity index (χ1v) is 11.9. The fraction of sp³-hybridized carbons (Fsp3) is 0.310. The molecule has 7 heteroatoms. The molecule has 0 spiro atoms. The van der Waals surface area contributed by atoms with Crippen molar-refractivity contribution in [3.8, 4) is 11.5 Å². The highest BCUT2D eigenvalue weighted by atomic mass is 19.1. The topological polar surface area (TPSA) is 67.9 Å². The van der Waals surface area contributed by atoms with Crippen LogP contribution < -0.4 is 19.7 Å². The van der Waals surface area contributed by atoms with Gasteiger partial charge in [-0.1, -0.05) is 24.3 Å². The van der Waals surface area contributed by atoms with Gasteiger partial charge in [-0.15, -0.1) is 0 Å². The van der Waals surface area contributed by atoms with Crippen LogP contribution in [0.2, 0.25) is 0 Å². The molecule has 36 heavy (non-hydrogen) atoms. The van der Waals surface area contributed by atoms with Crippen LogP contribution in [-0.2, 0) is 4.79 Å². The van der Waals surface area contributed by atoms with Gasteiger partial charge in [0.25, 0.3) is 5.91 Å². The second-order valence-corrected chi connectivity index (χ2v) is 10.0. The average Bonchev–Trinajstić information content (AvgIpc) is 2.83. The van der Waals surface area contributed by atoms with Gasteiger partial charge in [0.1, 0.15) is 25.1 Å². The van der Waals surface area contributed by atoms with Gasteiger partial charge < -0.3 is 14.8 Å². The monoisotopic (exact) mass is 490 g/mol. The molecular formula is C29H31FN2O4. The van der Waals surface area contributed by atoms with Crippen LogP contribution in [0.1, 0.15) is 53.9 Å². The summed E-state index contributed by atoms with van der Waals surface area (Å²) in [6, 6.07) is 15.4. The first-order chi connectivity index (χ1) is 17.0. The summed E-state index contributed by atoms with van der Waals surface area (Å²) in [5.74, 6) is -0.146. The molecule has 1 aliphatic heterocycles. The molecule has 0 aliphatic carbocycles. The van der Waals surface area contributed by atoms with E-state index in [1.54, 1.807) is 18.2 Å². The predicted molar refractivity (Wildman–Crippen MR) is 137 cm³/mol. The molecule has 0 radical (unpaired) electrons. The van der Waals surface area contributed by atoms with Crippen molar-refractivity contribution in [2.75, 3.05) is 18.1 Å². The number of anilines is 1. The van der Waals surface area contributed by atoms with Gasteiger partial charge >= 0.3 is 0 Å². The van der Waals surface area contributed by atoms with Crippen LogP contribution in [0.15, 0.2) is 60.7 Å². The van der Waals surface area contributed by atoms with Crippen LogP contribution in [0.25, 0.3) is 0 Å². The minimum Gasteiger partial charge on any atom is -0.486 e. The van der Waals surface area contributed by atoms with Gasteiger partial charge in [-0.3, -0.25) is 14.5 Å². The molecule has 0 fully saturated rings. The minimum atomic E-state index is -1.05. The highest BCUT2D eigenvalue weighted by Crippen LogP contribution is 2.36. The Hall–Kier alpha value is -3.87. The zero-order valence-electron chi connectivity index (χ0n) is 21.2. The van der Waals surface area contributed by atoms with Gasteiger partial charge in [-0.25, -0.2) is 4.39 Å². The molecule has 0 aromatic heterocycles. The third-order valence-corrected chi connectivity index (χ3v) is 5.82. The lowest BCUT2D eigenvalue weighted by Crippen LogP contribution is -2.49. The summed E-state index contributed by atoms with van der Waals surface area (Å²) in [5, 5.41) is 3.00. The molecule has 6 nitrogen and oxygen atoms in total. The summed E-state index contributed by atoms with van der Waals surface area (Å²) in [5.41, 5.74) is 2.63. The van der Waals surface area contributed by atoms with E-state index in [0.717, 1.165) is 11.1 Å². The van der Waals surface area contributed by atoms with Crippen LogP contribution in [0.3, 0.4) is 0 Å². The van der Waals surface area contributed by atoms with Crippen molar-refractivity contribution in [3.05, 3.63) is 88.7 Å². The Balaban J connectivity index is 1.90. The molecule has 0 saturated carbocycles. The van der Waals surface area contributed by atoms with Crippen molar-refractivity contribution in [3.63, 3.8) is 0 Å². The molecule has 1 N–H and O–H groups in total. The third-order valence-electron chi connectivity index (χ3n) is 5.82. The number of nitrogens with one attached hydrogen (secondary N) is 1. The van der Waals surface area contributed by atoms with E-state index in [2.05, 4.69) is 5.32 Å². The summed E-state index contributed by atoms with van der Waals surface area (Å²) in [4.78, 5) is 29.5. The van der Waals surface area contributed by atoms with Gasteiger partial charge in [-0.2, -0.15) is 0 Å². The molecule has 0 unspecified atom stereocenters. The fourth-order valence-corrected chi connectivity index (χ4v) is 4.16. The predicted octanol–water partition coefficient (Wildman–Crippen LogP) is 5.52. The Morgan fingerprint density at radius 3 is 2.25 bits per heavy atom. The third kappa shape index (κ3) is 5.51. The first-order valence-electron chi connectivity index (χ1n) is 11.9. The summed E-state index contributed by atoms with van der Waals surface area (Å²) >= 11 is 0. The zero-order chi connectivity index (χ0) is 26.0. The molecule has 0 saturated heterocycles. The number of amides is 2. The molecule has 1 aliphatic rings. The normalized spacial score (nSPS) is 13.6. The molecule has 0 bridgehead atoms. The number of halogens is 1. The number of rotatable bonds is 5. The van der Waals surface area contributed by atoms with Crippen LogP contribution in [0, 0.1) is 19.7 Å². The molecule has 188 valence electrons. The standard InChI is InChI=1S/C29H31FN2O4/c1-18-6-7-19(2)23(16-18)32(28(34)21-10-13-24-25(17-21)36-15-14-35-24)26(27(33)31-29(3,4)5)20-8-11-22(30)12-9-20/h6-13,16-17,26H,14-15H2,1-5H3,(H,31,33)/t26-/m1/s1. The van der Waals surface area contributed by atoms with Crippen molar-refractivity contribution in [1.29, 1.82) is 0 Å². The summed E-state index contributed by atoms with van der Waals surface area (Å²) < 4.78 is 25.1. The van der Waals surface area contributed by atoms with E-state index in [-0.39, 0.29) is 11.8 Å².